The first kappa shape index (κ1) is 17.9. The number of rotatable bonds is 3. The number of aromatic amines is 1. The minimum absolute atomic E-state index is 0.0403. The maximum absolute atomic E-state index is 9.99. The van der Waals surface area contributed by atoms with Crippen molar-refractivity contribution < 1.29 is 5.11 Å². The van der Waals surface area contributed by atoms with E-state index < -0.39 is 0 Å². The first-order valence-electron chi connectivity index (χ1n) is 8.10. The molecular weight excluding hydrogens is 392 g/mol. The van der Waals surface area contributed by atoms with Crippen LogP contribution in [0.4, 0.5) is 5.69 Å². The number of benzene rings is 2. The highest BCUT2D eigenvalue weighted by molar-refractivity contribution is 7.96. The zero-order valence-corrected chi connectivity index (χ0v) is 15.9. The number of para-hydroxylation sites is 2. The van der Waals surface area contributed by atoms with Crippen LogP contribution in [0.3, 0.4) is 0 Å². The van der Waals surface area contributed by atoms with Crippen LogP contribution in [0.25, 0.3) is 26.7 Å². The van der Waals surface area contributed by atoms with Crippen molar-refractivity contribution in [3.63, 3.8) is 0 Å². The van der Waals surface area contributed by atoms with E-state index in [1.54, 1.807) is 0 Å². The van der Waals surface area contributed by atoms with Crippen molar-refractivity contribution in [3.8, 4) is 11.9 Å². The molecule has 4 rings (SSSR count). The molecule has 7 nitrogen and oxygen atoms in total. The third-order valence-corrected chi connectivity index (χ3v) is 5.13. The maximum atomic E-state index is 9.99. The molecule has 0 spiro atoms. The van der Waals surface area contributed by atoms with Gasteiger partial charge in [-0.15, -0.1) is 34.2 Å². The van der Waals surface area contributed by atoms with E-state index in [0.29, 0.717) is 16.3 Å². The molecule has 0 aliphatic rings. The molecule has 0 unspecified atom stereocenters. The molecule has 9 heteroatoms. The molecule has 0 radical (unpaired) electrons. The topological polar surface area (TPSA) is 110 Å². The summed E-state index contributed by atoms with van der Waals surface area (Å²) in [5.74, 6) is -0.0891. The number of amidine groups is 1. The molecule has 2 aromatic heterocycles. The van der Waals surface area contributed by atoms with E-state index in [4.69, 9.17) is 0 Å². The second-order valence-electron chi connectivity index (χ2n) is 5.64. The normalized spacial score (nSPS) is 12.9. The van der Waals surface area contributed by atoms with Crippen molar-refractivity contribution in [1.82, 2.24) is 9.97 Å². The standard InChI is InChI=1S/C19H12N6OS2/c20-9-11(18-23-14-7-3-4-8-15(14)28-18)10-21-19(27)25-24-16-12-5-1-2-6-13(12)22-17(16)26/h1-8,10,22,26H,(H,21,27)/b11-10-,25-24+. The van der Waals surface area contributed by atoms with Gasteiger partial charge in [-0.3, -0.25) is 0 Å². The van der Waals surface area contributed by atoms with E-state index in [1.807, 2.05) is 48.5 Å². The van der Waals surface area contributed by atoms with Crippen LogP contribution in [0.1, 0.15) is 5.01 Å². The lowest BCUT2D eigenvalue weighted by Gasteiger charge is -1.92. The smallest absolute Gasteiger partial charge is 0.218 e. The highest BCUT2D eigenvalue weighted by Gasteiger charge is 2.10. The van der Waals surface area contributed by atoms with E-state index >= 15 is 0 Å². The van der Waals surface area contributed by atoms with Gasteiger partial charge in [-0.1, -0.05) is 30.3 Å². The van der Waals surface area contributed by atoms with Gasteiger partial charge >= 0.3 is 0 Å². The van der Waals surface area contributed by atoms with Crippen LogP contribution < -0.4 is 0 Å². The Balaban J connectivity index is 1.61. The molecular formula is C19H12N6OS2. The number of thiol groups is 1. The lowest BCUT2D eigenvalue weighted by atomic mass is 10.2. The van der Waals surface area contributed by atoms with Crippen LogP contribution in [0.5, 0.6) is 5.88 Å². The van der Waals surface area contributed by atoms with Crippen LogP contribution >= 0.6 is 24.0 Å². The summed E-state index contributed by atoms with van der Waals surface area (Å²) >= 11 is 5.58. The highest BCUT2D eigenvalue weighted by Crippen LogP contribution is 2.35. The molecule has 0 saturated carbocycles. The van der Waals surface area contributed by atoms with Gasteiger partial charge in [-0.25, -0.2) is 9.98 Å². The third-order valence-electron chi connectivity index (χ3n) is 3.85. The number of azo groups is 1. The summed E-state index contributed by atoms with van der Waals surface area (Å²) in [6.07, 6.45) is 1.36. The van der Waals surface area contributed by atoms with Crippen molar-refractivity contribution in [2.24, 2.45) is 15.2 Å². The molecule has 0 atom stereocenters. The zero-order valence-electron chi connectivity index (χ0n) is 14.2. The Morgan fingerprint density at radius 2 is 2.00 bits per heavy atom. The predicted molar refractivity (Wildman–Crippen MR) is 114 cm³/mol. The van der Waals surface area contributed by atoms with Gasteiger partial charge in [-0.05, 0) is 18.2 Å². The van der Waals surface area contributed by atoms with E-state index in [2.05, 4.69) is 43.9 Å². The average molecular weight is 404 g/mol. The van der Waals surface area contributed by atoms with Crippen LogP contribution in [-0.2, 0) is 0 Å². The summed E-state index contributed by atoms with van der Waals surface area (Å²) in [4.78, 5) is 11.3. The fraction of sp³-hybridized carbons (Fsp3) is 0. The molecule has 136 valence electrons. The Morgan fingerprint density at radius 1 is 1.21 bits per heavy atom. The summed E-state index contributed by atoms with van der Waals surface area (Å²) < 4.78 is 0.989. The monoisotopic (exact) mass is 404 g/mol. The number of aromatic hydroxyl groups is 1. The maximum Gasteiger partial charge on any atom is 0.218 e. The van der Waals surface area contributed by atoms with Crippen molar-refractivity contribution in [2.45, 2.75) is 0 Å². The molecule has 0 aliphatic carbocycles. The van der Waals surface area contributed by atoms with Gasteiger partial charge in [0.1, 0.15) is 16.6 Å². The van der Waals surface area contributed by atoms with Crippen LogP contribution in [-0.4, -0.2) is 20.2 Å². The highest BCUT2D eigenvalue weighted by atomic mass is 32.1. The van der Waals surface area contributed by atoms with Gasteiger partial charge < -0.3 is 10.1 Å². The van der Waals surface area contributed by atoms with Gasteiger partial charge in [0.2, 0.25) is 11.0 Å². The lowest BCUT2D eigenvalue weighted by Crippen LogP contribution is -1.81. The fourth-order valence-corrected chi connectivity index (χ4v) is 3.60. The Bertz CT molecular complexity index is 1280. The number of fused-ring (bicyclic) bond motifs is 2. The van der Waals surface area contributed by atoms with Gasteiger partial charge in [0.25, 0.3) is 0 Å². The van der Waals surface area contributed by atoms with Crippen molar-refractivity contribution >= 4 is 61.5 Å². The third kappa shape index (κ3) is 3.51. The summed E-state index contributed by atoms with van der Waals surface area (Å²) in [6.45, 7) is 0. The van der Waals surface area contributed by atoms with E-state index in [0.717, 1.165) is 21.1 Å². The molecule has 0 aliphatic heterocycles. The number of nitrogens with zero attached hydrogens (tertiary/aromatic N) is 5. The van der Waals surface area contributed by atoms with Crippen molar-refractivity contribution in [2.75, 3.05) is 0 Å². The van der Waals surface area contributed by atoms with Gasteiger partial charge in [0, 0.05) is 5.39 Å². The van der Waals surface area contributed by atoms with Gasteiger partial charge in [0.15, 0.2) is 5.69 Å². The average Bonchev–Trinajstić information content (AvgIpc) is 3.27. The number of hydrogen-bond acceptors (Lipinski definition) is 6. The number of nitriles is 1. The number of aliphatic imine (C=N–C) groups is 1. The molecule has 0 amide bonds. The SMILES string of the molecule is N#C/C(=C/N=C(S)/N=N/c1c(O)[nH]c2ccccc12)c1nc2ccccc2s1. The summed E-state index contributed by atoms with van der Waals surface area (Å²) in [5, 5.41) is 28.7. The van der Waals surface area contributed by atoms with Gasteiger partial charge in [-0.2, -0.15) is 5.26 Å². The number of allylic oxidation sites excluding steroid dienone is 1. The van der Waals surface area contributed by atoms with E-state index in [-0.39, 0.29) is 11.0 Å². The van der Waals surface area contributed by atoms with Crippen LogP contribution in [0.15, 0.2) is 70.0 Å². The Kier molecular flexibility index (Phi) is 4.89. The molecule has 0 bridgehead atoms. The second kappa shape index (κ2) is 7.64. The van der Waals surface area contributed by atoms with Crippen LogP contribution in [0, 0.1) is 11.3 Å². The van der Waals surface area contributed by atoms with Crippen molar-refractivity contribution in [3.05, 3.63) is 59.7 Å². The molecule has 0 fully saturated rings. The summed E-state index contributed by atoms with van der Waals surface area (Å²) in [5.41, 5.74) is 2.17. The molecule has 2 aromatic carbocycles. The number of thiazole rings is 1. The number of aromatic nitrogens is 2. The lowest BCUT2D eigenvalue weighted by molar-refractivity contribution is 0.459. The Morgan fingerprint density at radius 3 is 2.82 bits per heavy atom. The molecule has 2 N–H and O–H groups in total. The molecule has 28 heavy (non-hydrogen) atoms. The fourth-order valence-electron chi connectivity index (χ4n) is 2.58. The number of H-pyrrole nitrogens is 1. The van der Waals surface area contributed by atoms with Crippen LogP contribution in [0.2, 0.25) is 0 Å². The molecule has 4 aromatic rings. The second-order valence-corrected chi connectivity index (χ2v) is 7.07. The number of hydrogen-bond donors (Lipinski definition) is 3. The first-order valence-corrected chi connectivity index (χ1v) is 9.36. The Labute approximate surface area is 168 Å². The largest absolute Gasteiger partial charge is 0.493 e. The van der Waals surface area contributed by atoms with E-state index in [9.17, 15) is 10.4 Å². The first-order chi connectivity index (χ1) is 13.7. The summed E-state index contributed by atoms with van der Waals surface area (Å²) in [7, 11) is 0. The minimum atomic E-state index is -0.0891. The minimum Gasteiger partial charge on any atom is -0.493 e. The Hall–Kier alpha value is -3.48. The van der Waals surface area contributed by atoms with E-state index in [1.165, 1.54) is 17.5 Å². The van der Waals surface area contributed by atoms with Crippen molar-refractivity contribution in [1.29, 1.82) is 5.26 Å². The quantitative estimate of drug-likeness (QED) is 0.139. The predicted octanol–water partition coefficient (Wildman–Crippen LogP) is 5.42. The number of nitrogens with one attached hydrogen (secondary N) is 1. The summed E-state index contributed by atoms with van der Waals surface area (Å²) in [6, 6.07) is 17.1. The van der Waals surface area contributed by atoms with Gasteiger partial charge in [0.05, 0.1) is 21.9 Å². The zero-order chi connectivity index (χ0) is 19.5. The molecule has 0 saturated heterocycles. The molecule has 2 heterocycles.